The molecule has 1 saturated heterocycles. The maximum absolute atomic E-state index is 13.7. The smallest absolute Gasteiger partial charge is 0.260 e. The fourth-order valence-electron chi connectivity index (χ4n) is 2.44. The van der Waals surface area contributed by atoms with Gasteiger partial charge in [0.15, 0.2) is 0 Å². The first-order chi connectivity index (χ1) is 8.61. The molecule has 1 aromatic rings. The SMILES string of the molecule is CC1CCCCCN1C(=O)c1c(O)cccc1F. The predicted octanol–water partition coefficient (Wildman–Crippen LogP) is 2.94. The molecule has 3 nitrogen and oxygen atoms in total. The van der Waals surface area contributed by atoms with E-state index in [4.69, 9.17) is 0 Å². The van der Waals surface area contributed by atoms with Crippen LogP contribution in [-0.2, 0) is 0 Å². The third kappa shape index (κ3) is 2.47. The lowest BCUT2D eigenvalue weighted by molar-refractivity contribution is 0.0690. The van der Waals surface area contributed by atoms with Crippen LogP contribution in [0.25, 0.3) is 0 Å². The average molecular weight is 251 g/mol. The Morgan fingerprint density at radius 1 is 1.39 bits per heavy atom. The predicted molar refractivity (Wildman–Crippen MR) is 67.0 cm³/mol. The van der Waals surface area contributed by atoms with Gasteiger partial charge in [-0.25, -0.2) is 4.39 Å². The largest absolute Gasteiger partial charge is 0.507 e. The van der Waals surface area contributed by atoms with Gasteiger partial charge in [-0.15, -0.1) is 0 Å². The highest BCUT2D eigenvalue weighted by molar-refractivity contribution is 5.97. The van der Waals surface area contributed by atoms with Crippen molar-refractivity contribution in [1.82, 2.24) is 4.90 Å². The van der Waals surface area contributed by atoms with Crippen molar-refractivity contribution in [3.8, 4) is 5.75 Å². The number of nitrogens with zero attached hydrogens (tertiary/aromatic N) is 1. The fourth-order valence-corrected chi connectivity index (χ4v) is 2.44. The van der Waals surface area contributed by atoms with Crippen molar-refractivity contribution in [1.29, 1.82) is 0 Å². The summed E-state index contributed by atoms with van der Waals surface area (Å²) in [5, 5.41) is 9.66. The van der Waals surface area contributed by atoms with E-state index in [0.717, 1.165) is 25.7 Å². The maximum atomic E-state index is 13.7. The van der Waals surface area contributed by atoms with E-state index in [1.165, 1.54) is 18.2 Å². The van der Waals surface area contributed by atoms with Gasteiger partial charge in [-0.3, -0.25) is 4.79 Å². The number of rotatable bonds is 1. The summed E-state index contributed by atoms with van der Waals surface area (Å²) in [6, 6.07) is 4.04. The Hall–Kier alpha value is -1.58. The monoisotopic (exact) mass is 251 g/mol. The average Bonchev–Trinajstić information content (AvgIpc) is 2.53. The number of phenolic OH excluding ortho intramolecular Hbond substituents is 1. The molecule has 1 N–H and O–H groups in total. The van der Waals surface area contributed by atoms with Gasteiger partial charge >= 0.3 is 0 Å². The van der Waals surface area contributed by atoms with Crippen molar-refractivity contribution < 1.29 is 14.3 Å². The number of amides is 1. The third-order valence-electron chi connectivity index (χ3n) is 3.52. The number of likely N-dealkylation sites (tertiary alicyclic amines) is 1. The normalized spacial score (nSPS) is 20.6. The zero-order chi connectivity index (χ0) is 13.1. The van der Waals surface area contributed by atoms with Crippen LogP contribution in [0.1, 0.15) is 43.0 Å². The summed E-state index contributed by atoms with van der Waals surface area (Å²) < 4.78 is 13.7. The molecule has 1 aliphatic heterocycles. The van der Waals surface area contributed by atoms with Gasteiger partial charge < -0.3 is 10.0 Å². The molecule has 0 bridgehead atoms. The molecule has 1 unspecified atom stereocenters. The molecule has 4 heteroatoms. The van der Waals surface area contributed by atoms with Crippen LogP contribution in [0.3, 0.4) is 0 Å². The van der Waals surface area contributed by atoms with Gasteiger partial charge in [0.25, 0.3) is 5.91 Å². The Kier molecular flexibility index (Phi) is 3.84. The second-order valence-electron chi connectivity index (χ2n) is 4.83. The van der Waals surface area contributed by atoms with Crippen LogP contribution >= 0.6 is 0 Å². The van der Waals surface area contributed by atoms with Gasteiger partial charge in [-0.05, 0) is 31.9 Å². The molecule has 0 aliphatic carbocycles. The summed E-state index contributed by atoms with van der Waals surface area (Å²) >= 11 is 0. The van der Waals surface area contributed by atoms with Crippen LogP contribution in [0.2, 0.25) is 0 Å². The fraction of sp³-hybridized carbons (Fsp3) is 0.500. The van der Waals surface area contributed by atoms with E-state index in [1.807, 2.05) is 6.92 Å². The molecule has 2 rings (SSSR count). The molecule has 18 heavy (non-hydrogen) atoms. The number of halogens is 1. The van der Waals surface area contributed by atoms with Gasteiger partial charge in [0, 0.05) is 12.6 Å². The lowest BCUT2D eigenvalue weighted by atomic mass is 10.1. The van der Waals surface area contributed by atoms with E-state index >= 15 is 0 Å². The van der Waals surface area contributed by atoms with Crippen LogP contribution < -0.4 is 0 Å². The Balaban J connectivity index is 2.29. The summed E-state index contributed by atoms with van der Waals surface area (Å²) in [6.45, 7) is 2.61. The number of hydrogen-bond donors (Lipinski definition) is 1. The van der Waals surface area contributed by atoms with Crippen molar-refractivity contribution in [3.05, 3.63) is 29.6 Å². The van der Waals surface area contributed by atoms with Gasteiger partial charge in [0.2, 0.25) is 0 Å². The summed E-state index contributed by atoms with van der Waals surface area (Å²) in [5.41, 5.74) is -0.203. The van der Waals surface area contributed by atoms with Gasteiger partial charge in [0.1, 0.15) is 17.1 Å². The minimum Gasteiger partial charge on any atom is -0.507 e. The highest BCUT2D eigenvalue weighted by Gasteiger charge is 2.27. The highest BCUT2D eigenvalue weighted by Crippen LogP contribution is 2.25. The van der Waals surface area contributed by atoms with Crippen molar-refractivity contribution in [2.45, 2.75) is 38.6 Å². The number of aromatic hydroxyl groups is 1. The molecule has 98 valence electrons. The first kappa shape index (κ1) is 12.9. The molecule has 1 atom stereocenters. The molecule has 1 amide bonds. The van der Waals surface area contributed by atoms with E-state index in [0.29, 0.717) is 6.54 Å². The van der Waals surface area contributed by atoms with Crippen LogP contribution in [0, 0.1) is 5.82 Å². The Morgan fingerprint density at radius 2 is 2.17 bits per heavy atom. The number of hydrogen-bond acceptors (Lipinski definition) is 2. The van der Waals surface area contributed by atoms with Crippen molar-refractivity contribution in [2.75, 3.05) is 6.54 Å². The van der Waals surface area contributed by atoms with Crippen LogP contribution in [-0.4, -0.2) is 28.5 Å². The lowest BCUT2D eigenvalue weighted by Crippen LogP contribution is -2.38. The lowest BCUT2D eigenvalue weighted by Gasteiger charge is -2.27. The topological polar surface area (TPSA) is 40.5 Å². The molecule has 1 aliphatic rings. The Morgan fingerprint density at radius 3 is 2.89 bits per heavy atom. The van der Waals surface area contributed by atoms with Gasteiger partial charge in [0.05, 0.1) is 0 Å². The molecule has 0 aromatic heterocycles. The first-order valence-corrected chi connectivity index (χ1v) is 6.39. The summed E-state index contributed by atoms with van der Waals surface area (Å²) in [4.78, 5) is 14.0. The van der Waals surface area contributed by atoms with Gasteiger partial charge in [-0.2, -0.15) is 0 Å². The number of carbonyl (C=O) groups excluding carboxylic acids is 1. The van der Waals surface area contributed by atoms with Gasteiger partial charge in [-0.1, -0.05) is 18.9 Å². The van der Waals surface area contributed by atoms with Crippen molar-refractivity contribution in [2.24, 2.45) is 0 Å². The molecule has 0 saturated carbocycles. The highest BCUT2D eigenvalue weighted by atomic mass is 19.1. The molecule has 1 fully saturated rings. The van der Waals surface area contributed by atoms with Crippen molar-refractivity contribution >= 4 is 5.91 Å². The van der Waals surface area contributed by atoms with E-state index in [-0.39, 0.29) is 17.4 Å². The summed E-state index contributed by atoms with van der Waals surface area (Å²) in [6.07, 6.45) is 4.05. The first-order valence-electron chi connectivity index (χ1n) is 6.39. The van der Waals surface area contributed by atoms with E-state index in [2.05, 4.69) is 0 Å². The van der Waals surface area contributed by atoms with Crippen LogP contribution in [0.15, 0.2) is 18.2 Å². The molecular formula is C14H18FNO2. The second kappa shape index (κ2) is 5.38. The number of benzene rings is 1. The standard InChI is InChI=1S/C14H18FNO2/c1-10-6-3-2-4-9-16(10)14(18)13-11(15)7-5-8-12(13)17/h5,7-8,10,17H,2-4,6,9H2,1H3. The molecular weight excluding hydrogens is 233 g/mol. The third-order valence-corrected chi connectivity index (χ3v) is 3.52. The van der Waals surface area contributed by atoms with E-state index in [1.54, 1.807) is 4.90 Å². The second-order valence-corrected chi connectivity index (χ2v) is 4.83. The molecule has 1 aromatic carbocycles. The van der Waals surface area contributed by atoms with E-state index in [9.17, 15) is 14.3 Å². The summed E-state index contributed by atoms with van der Waals surface area (Å²) in [7, 11) is 0. The zero-order valence-electron chi connectivity index (χ0n) is 10.5. The van der Waals surface area contributed by atoms with Crippen LogP contribution in [0.4, 0.5) is 4.39 Å². The Labute approximate surface area is 106 Å². The molecule has 0 radical (unpaired) electrons. The maximum Gasteiger partial charge on any atom is 0.260 e. The minimum absolute atomic E-state index is 0.0963. The van der Waals surface area contributed by atoms with E-state index < -0.39 is 11.7 Å². The Bertz CT molecular complexity index is 427. The summed E-state index contributed by atoms with van der Waals surface area (Å²) in [5.74, 6) is -1.34. The molecule has 0 spiro atoms. The number of carbonyl (C=O) groups is 1. The minimum atomic E-state index is -0.656. The quantitative estimate of drug-likeness (QED) is 0.833. The van der Waals surface area contributed by atoms with Crippen LogP contribution in [0.5, 0.6) is 5.75 Å². The molecule has 1 heterocycles. The zero-order valence-corrected chi connectivity index (χ0v) is 10.5. The van der Waals surface area contributed by atoms with Crippen molar-refractivity contribution in [3.63, 3.8) is 0 Å². The number of phenols is 1.